The van der Waals surface area contributed by atoms with Crippen molar-refractivity contribution in [1.82, 2.24) is 0 Å². The molecule has 1 aromatic carbocycles. The van der Waals surface area contributed by atoms with Crippen molar-refractivity contribution < 1.29 is 9.53 Å². The number of hydrogen-bond donors (Lipinski definition) is 0. The van der Waals surface area contributed by atoms with E-state index in [2.05, 4.69) is 13.8 Å². The number of benzene rings is 1. The van der Waals surface area contributed by atoms with Gasteiger partial charge in [-0.25, -0.2) is 0 Å². The molecular formula is C13H18O2. The molecule has 0 bridgehead atoms. The monoisotopic (exact) mass is 206 g/mol. The Morgan fingerprint density at radius 2 is 1.93 bits per heavy atom. The van der Waals surface area contributed by atoms with Crippen molar-refractivity contribution in [2.75, 3.05) is 7.11 Å². The van der Waals surface area contributed by atoms with Crippen molar-refractivity contribution in [3.05, 3.63) is 29.8 Å². The third-order valence-electron chi connectivity index (χ3n) is 2.64. The molecule has 0 saturated heterocycles. The molecule has 0 heterocycles. The van der Waals surface area contributed by atoms with Crippen LogP contribution in [0, 0.1) is 5.92 Å². The Morgan fingerprint density at radius 1 is 1.33 bits per heavy atom. The molecule has 82 valence electrons. The van der Waals surface area contributed by atoms with Gasteiger partial charge in [0.25, 0.3) is 0 Å². The highest BCUT2D eigenvalue weighted by Gasteiger charge is 2.09. The summed E-state index contributed by atoms with van der Waals surface area (Å²) >= 11 is 0. The number of carbonyl (C=O) groups is 1. The fraction of sp³-hybridized carbons (Fsp3) is 0.462. The molecule has 0 aliphatic rings. The molecule has 0 saturated carbocycles. The van der Waals surface area contributed by atoms with Gasteiger partial charge in [-0.15, -0.1) is 0 Å². The highest BCUT2D eigenvalue weighted by Crippen LogP contribution is 2.15. The number of ether oxygens (including phenoxy) is 1. The van der Waals surface area contributed by atoms with Crippen LogP contribution < -0.4 is 4.74 Å². The van der Waals surface area contributed by atoms with Crippen LogP contribution in [0.4, 0.5) is 0 Å². The van der Waals surface area contributed by atoms with E-state index in [1.807, 2.05) is 24.3 Å². The molecule has 1 rings (SSSR count). The zero-order valence-corrected chi connectivity index (χ0v) is 9.62. The van der Waals surface area contributed by atoms with E-state index >= 15 is 0 Å². The average Bonchev–Trinajstić information content (AvgIpc) is 2.29. The van der Waals surface area contributed by atoms with Gasteiger partial charge in [-0.3, -0.25) is 4.79 Å². The van der Waals surface area contributed by atoms with Crippen LogP contribution >= 0.6 is 0 Å². The lowest BCUT2D eigenvalue weighted by Gasteiger charge is -2.07. The van der Waals surface area contributed by atoms with Gasteiger partial charge in [-0.05, 0) is 30.2 Å². The standard InChI is InChI=1S/C13H18O2/c1-4-10(2)9-13(14)11-5-7-12(15-3)8-6-11/h5-8,10H,4,9H2,1-3H3/t10-/m1/s1. The van der Waals surface area contributed by atoms with Crippen LogP contribution in [-0.4, -0.2) is 12.9 Å². The van der Waals surface area contributed by atoms with Gasteiger partial charge in [0.1, 0.15) is 5.75 Å². The first-order valence-corrected chi connectivity index (χ1v) is 5.34. The normalized spacial score (nSPS) is 12.2. The molecule has 0 N–H and O–H groups in total. The second-order valence-electron chi connectivity index (χ2n) is 3.87. The maximum Gasteiger partial charge on any atom is 0.163 e. The van der Waals surface area contributed by atoms with Gasteiger partial charge in [0.15, 0.2) is 5.78 Å². The lowest BCUT2D eigenvalue weighted by molar-refractivity contribution is 0.0963. The molecule has 0 amide bonds. The Hall–Kier alpha value is -1.31. The fourth-order valence-electron chi connectivity index (χ4n) is 1.36. The van der Waals surface area contributed by atoms with Crippen molar-refractivity contribution >= 4 is 5.78 Å². The Balaban J connectivity index is 2.66. The minimum atomic E-state index is 0.215. The van der Waals surface area contributed by atoms with Gasteiger partial charge in [-0.1, -0.05) is 20.3 Å². The first kappa shape index (κ1) is 11.8. The first-order valence-electron chi connectivity index (χ1n) is 5.34. The largest absolute Gasteiger partial charge is 0.497 e. The first-order chi connectivity index (χ1) is 7.17. The lowest BCUT2D eigenvalue weighted by atomic mass is 9.98. The summed E-state index contributed by atoms with van der Waals surface area (Å²) in [6.45, 7) is 4.20. The van der Waals surface area contributed by atoms with Gasteiger partial charge in [0.05, 0.1) is 7.11 Å². The molecule has 2 nitrogen and oxygen atoms in total. The summed E-state index contributed by atoms with van der Waals surface area (Å²) in [7, 11) is 1.62. The summed E-state index contributed by atoms with van der Waals surface area (Å²) in [4.78, 5) is 11.8. The number of hydrogen-bond acceptors (Lipinski definition) is 2. The van der Waals surface area contributed by atoms with Crippen LogP contribution in [0.15, 0.2) is 24.3 Å². The minimum Gasteiger partial charge on any atom is -0.497 e. The van der Waals surface area contributed by atoms with Crippen LogP contribution in [0.5, 0.6) is 5.75 Å². The van der Waals surface area contributed by atoms with Crippen molar-refractivity contribution in [3.63, 3.8) is 0 Å². The van der Waals surface area contributed by atoms with Crippen molar-refractivity contribution in [1.29, 1.82) is 0 Å². The molecular weight excluding hydrogens is 188 g/mol. The Labute approximate surface area is 91.3 Å². The summed E-state index contributed by atoms with van der Waals surface area (Å²) < 4.78 is 5.04. The molecule has 0 spiro atoms. The van der Waals surface area contributed by atoms with Gasteiger partial charge in [-0.2, -0.15) is 0 Å². The second-order valence-corrected chi connectivity index (χ2v) is 3.87. The third kappa shape index (κ3) is 3.39. The topological polar surface area (TPSA) is 26.3 Å². The van der Waals surface area contributed by atoms with E-state index in [0.29, 0.717) is 12.3 Å². The van der Waals surface area contributed by atoms with Gasteiger partial charge in [0, 0.05) is 12.0 Å². The van der Waals surface area contributed by atoms with Crippen molar-refractivity contribution in [3.8, 4) is 5.75 Å². The van der Waals surface area contributed by atoms with Crippen molar-refractivity contribution in [2.45, 2.75) is 26.7 Å². The number of ketones is 1. The molecule has 0 unspecified atom stereocenters. The summed E-state index contributed by atoms with van der Waals surface area (Å²) in [6, 6.07) is 7.29. The van der Waals surface area contributed by atoms with Crippen LogP contribution in [0.25, 0.3) is 0 Å². The van der Waals surface area contributed by atoms with E-state index < -0.39 is 0 Å². The van der Waals surface area contributed by atoms with E-state index in [1.165, 1.54) is 0 Å². The predicted molar refractivity (Wildman–Crippen MR) is 61.4 cm³/mol. The molecule has 15 heavy (non-hydrogen) atoms. The lowest BCUT2D eigenvalue weighted by Crippen LogP contribution is -2.05. The Morgan fingerprint density at radius 3 is 2.40 bits per heavy atom. The summed E-state index contributed by atoms with van der Waals surface area (Å²) in [5, 5.41) is 0. The highest BCUT2D eigenvalue weighted by molar-refractivity contribution is 5.96. The third-order valence-corrected chi connectivity index (χ3v) is 2.64. The van der Waals surface area contributed by atoms with Gasteiger partial charge in [0.2, 0.25) is 0 Å². The zero-order chi connectivity index (χ0) is 11.3. The SMILES string of the molecule is CC[C@@H](C)CC(=O)c1ccc(OC)cc1. The summed E-state index contributed by atoms with van der Waals surface area (Å²) in [6.07, 6.45) is 1.67. The summed E-state index contributed by atoms with van der Waals surface area (Å²) in [5.74, 6) is 1.46. The van der Waals surface area contributed by atoms with Crippen LogP contribution in [-0.2, 0) is 0 Å². The van der Waals surface area contributed by atoms with E-state index in [4.69, 9.17) is 4.74 Å². The quantitative estimate of drug-likeness (QED) is 0.691. The molecule has 0 fully saturated rings. The Bertz CT molecular complexity index is 314. The van der Waals surface area contributed by atoms with Gasteiger partial charge < -0.3 is 4.74 Å². The highest BCUT2D eigenvalue weighted by atomic mass is 16.5. The maximum atomic E-state index is 11.8. The molecule has 1 atom stereocenters. The second kappa shape index (κ2) is 5.54. The van der Waals surface area contributed by atoms with Crippen molar-refractivity contribution in [2.24, 2.45) is 5.92 Å². The predicted octanol–water partition coefficient (Wildman–Crippen LogP) is 3.31. The Kier molecular flexibility index (Phi) is 4.35. The molecule has 0 aliphatic carbocycles. The van der Waals surface area contributed by atoms with E-state index in [0.717, 1.165) is 17.7 Å². The van der Waals surface area contributed by atoms with Crippen LogP contribution in [0.2, 0.25) is 0 Å². The van der Waals surface area contributed by atoms with Crippen LogP contribution in [0.3, 0.4) is 0 Å². The smallest absolute Gasteiger partial charge is 0.163 e. The molecule has 2 heteroatoms. The number of carbonyl (C=O) groups excluding carboxylic acids is 1. The zero-order valence-electron chi connectivity index (χ0n) is 9.62. The molecule has 0 radical (unpaired) electrons. The summed E-state index contributed by atoms with van der Waals surface area (Å²) in [5.41, 5.74) is 0.774. The number of methoxy groups -OCH3 is 1. The van der Waals surface area contributed by atoms with E-state index in [-0.39, 0.29) is 5.78 Å². The minimum absolute atomic E-state index is 0.215. The number of rotatable bonds is 5. The molecule has 0 aliphatic heterocycles. The van der Waals surface area contributed by atoms with E-state index in [1.54, 1.807) is 7.11 Å². The average molecular weight is 206 g/mol. The number of Topliss-reactive ketones (excluding diaryl/α,β-unsaturated/α-hetero) is 1. The maximum absolute atomic E-state index is 11.8. The van der Waals surface area contributed by atoms with E-state index in [9.17, 15) is 4.79 Å². The fourth-order valence-corrected chi connectivity index (χ4v) is 1.36. The van der Waals surface area contributed by atoms with Crippen LogP contribution in [0.1, 0.15) is 37.0 Å². The molecule has 1 aromatic rings. The molecule has 0 aromatic heterocycles. The van der Waals surface area contributed by atoms with Gasteiger partial charge >= 0.3 is 0 Å².